The van der Waals surface area contributed by atoms with Gasteiger partial charge in [-0.1, -0.05) is 6.92 Å². The lowest BCUT2D eigenvalue weighted by molar-refractivity contribution is 0.102. The Morgan fingerprint density at radius 3 is 2.77 bits per heavy atom. The van der Waals surface area contributed by atoms with E-state index in [9.17, 15) is 13.2 Å². The maximum Gasteiger partial charge on any atom is 0.257 e. The molecule has 1 unspecified atom stereocenters. The molecule has 1 aliphatic heterocycles. The van der Waals surface area contributed by atoms with Crippen LogP contribution >= 0.6 is 0 Å². The average molecular weight is 442 g/mol. The Hall–Kier alpha value is -2.78. The van der Waals surface area contributed by atoms with Gasteiger partial charge in [-0.3, -0.25) is 9.78 Å². The van der Waals surface area contributed by atoms with Gasteiger partial charge in [0, 0.05) is 43.1 Å². The van der Waals surface area contributed by atoms with E-state index in [2.05, 4.69) is 26.8 Å². The van der Waals surface area contributed by atoms with Gasteiger partial charge in [-0.2, -0.15) is 0 Å². The minimum Gasteiger partial charge on any atom is -0.331 e. The van der Waals surface area contributed by atoms with Crippen molar-refractivity contribution in [3.8, 4) is 0 Å². The minimum atomic E-state index is -3.21. The summed E-state index contributed by atoms with van der Waals surface area (Å²) in [5.74, 6) is -0.200. The smallest absolute Gasteiger partial charge is 0.257 e. The number of hydrogen-bond donors (Lipinski definition) is 1. The molecule has 1 aliphatic rings. The molecule has 8 nitrogen and oxygen atoms in total. The van der Waals surface area contributed by atoms with E-state index in [1.807, 2.05) is 30.6 Å². The molecule has 0 radical (unpaired) electrons. The van der Waals surface area contributed by atoms with E-state index in [1.54, 1.807) is 12.3 Å². The predicted octanol–water partition coefficient (Wildman–Crippen LogP) is 3.23. The van der Waals surface area contributed by atoms with Crippen LogP contribution in [0.2, 0.25) is 0 Å². The molecule has 0 spiro atoms. The van der Waals surface area contributed by atoms with E-state index >= 15 is 0 Å². The molecule has 0 aliphatic carbocycles. The summed E-state index contributed by atoms with van der Waals surface area (Å²) < 4.78 is 27.3. The lowest BCUT2D eigenvalue weighted by Gasteiger charge is -2.30. The number of piperidine rings is 1. The lowest BCUT2D eigenvalue weighted by Crippen LogP contribution is -2.38. The second-order valence-corrected chi connectivity index (χ2v) is 10.0. The van der Waals surface area contributed by atoms with Crippen molar-refractivity contribution >= 4 is 32.7 Å². The number of imidazole rings is 1. The topological polar surface area (TPSA) is 97.2 Å². The number of fused-ring (bicyclic) bond motifs is 1. The summed E-state index contributed by atoms with van der Waals surface area (Å²) >= 11 is 0. The number of pyridine rings is 1. The number of aryl methyl sites for hydroxylation is 1. The van der Waals surface area contributed by atoms with Crippen LogP contribution in [0.1, 0.15) is 48.2 Å². The molecule has 0 bridgehead atoms. The molecule has 1 amide bonds. The van der Waals surface area contributed by atoms with Gasteiger partial charge in [-0.05, 0) is 49.6 Å². The highest BCUT2D eigenvalue weighted by molar-refractivity contribution is 7.88. The van der Waals surface area contributed by atoms with Gasteiger partial charge in [0.15, 0.2) is 0 Å². The van der Waals surface area contributed by atoms with Crippen LogP contribution in [-0.4, -0.2) is 52.5 Å². The van der Waals surface area contributed by atoms with E-state index in [4.69, 9.17) is 0 Å². The third-order valence-electron chi connectivity index (χ3n) is 5.66. The third-order valence-corrected chi connectivity index (χ3v) is 6.93. The van der Waals surface area contributed by atoms with Gasteiger partial charge in [0.05, 0.1) is 29.2 Å². The first-order chi connectivity index (χ1) is 14.8. The van der Waals surface area contributed by atoms with Gasteiger partial charge in [-0.15, -0.1) is 0 Å². The molecular formula is C22H27N5O3S. The van der Waals surface area contributed by atoms with Crippen molar-refractivity contribution in [2.75, 3.05) is 24.7 Å². The number of aromatic nitrogens is 3. The zero-order valence-electron chi connectivity index (χ0n) is 17.8. The standard InChI is InChI=1S/C22H27N5O3S/c1-3-10-26-15-24-20-12-18(7-9-21(20)26)25-22(28)16-6-8-19(23-13-16)17-5-4-11-27(14-17)31(2,29)30/h6-9,12-13,15,17H,3-5,10-11,14H2,1-2H3,(H,25,28). The highest BCUT2D eigenvalue weighted by Gasteiger charge is 2.27. The second kappa shape index (κ2) is 8.76. The number of benzene rings is 1. The van der Waals surface area contributed by atoms with Crippen LogP contribution in [0.25, 0.3) is 11.0 Å². The Labute approximate surface area is 182 Å². The third kappa shape index (κ3) is 4.77. The fourth-order valence-corrected chi connectivity index (χ4v) is 4.94. The van der Waals surface area contributed by atoms with Crippen LogP contribution in [0, 0.1) is 0 Å². The van der Waals surface area contributed by atoms with Crippen LogP contribution in [0.5, 0.6) is 0 Å². The summed E-state index contributed by atoms with van der Waals surface area (Å²) in [7, 11) is -3.21. The first kappa shape index (κ1) is 21.5. The molecule has 31 heavy (non-hydrogen) atoms. The average Bonchev–Trinajstić information content (AvgIpc) is 3.16. The largest absolute Gasteiger partial charge is 0.331 e. The van der Waals surface area contributed by atoms with Crippen molar-refractivity contribution in [1.29, 1.82) is 0 Å². The molecule has 1 atom stereocenters. The highest BCUT2D eigenvalue weighted by Crippen LogP contribution is 2.27. The first-order valence-electron chi connectivity index (χ1n) is 10.5. The Morgan fingerprint density at radius 1 is 1.23 bits per heavy atom. The summed E-state index contributed by atoms with van der Waals surface area (Å²) in [5.41, 5.74) is 3.83. The van der Waals surface area contributed by atoms with E-state index in [1.165, 1.54) is 10.6 Å². The molecule has 1 fully saturated rings. The van der Waals surface area contributed by atoms with E-state index < -0.39 is 10.0 Å². The second-order valence-electron chi connectivity index (χ2n) is 8.03. The maximum absolute atomic E-state index is 12.7. The van der Waals surface area contributed by atoms with Crippen molar-refractivity contribution in [2.24, 2.45) is 0 Å². The van der Waals surface area contributed by atoms with Gasteiger partial charge in [-0.25, -0.2) is 17.7 Å². The molecule has 1 N–H and O–H groups in total. The van der Waals surface area contributed by atoms with Crippen LogP contribution in [0.4, 0.5) is 5.69 Å². The zero-order valence-corrected chi connectivity index (χ0v) is 18.6. The van der Waals surface area contributed by atoms with E-state index in [0.29, 0.717) is 24.3 Å². The molecule has 4 rings (SSSR count). The number of anilines is 1. The number of carbonyl (C=O) groups is 1. The fraction of sp³-hybridized carbons (Fsp3) is 0.409. The van der Waals surface area contributed by atoms with Crippen molar-refractivity contribution in [3.63, 3.8) is 0 Å². The van der Waals surface area contributed by atoms with Crippen molar-refractivity contribution in [2.45, 2.75) is 38.6 Å². The zero-order chi connectivity index (χ0) is 22.0. The summed E-state index contributed by atoms with van der Waals surface area (Å²) in [6.45, 7) is 4.01. The summed E-state index contributed by atoms with van der Waals surface area (Å²) in [6, 6.07) is 9.26. The number of sulfonamides is 1. The molecule has 1 saturated heterocycles. The highest BCUT2D eigenvalue weighted by atomic mass is 32.2. The first-order valence-corrected chi connectivity index (χ1v) is 12.4. The summed E-state index contributed by atoms with van der Waals surface area (Å²) in [5, 5.41) is 2.90. The molecular weight excluding hydrogens is 414 g/mol. The number of nitrogens with one attached hydrogen (secondary N) is 1. The Bertz CT molecular complexity index is 1190. The number of carbonyl (C=O) groups excluding carboxylic acids is 1. The molecule has 164 valence electrons. The Kier molecular flexibility index (Phi) is 6.06. The monoisotopic (exact) mass is 441 g/mol. The van der Waals surface area contributed by atoms with Crippen molar-refractivity contribution < 1.29 is 13.2 Å². The minimum absolute atomic E-state index is 0.0428. The van der Waals surface area contributed by atoms with Gasteiger partial charge in [0.2, 0.25) is 10.0 Å². The fourth-order valence-electron chi connectivity index (χ4n) is 4.03. The molecule has 0 saturated carbocycles. The lowest BCUT2D eigenvalue weighted by atomic mass is 9.95. The van der Waals surface area contributed by atoms with E-state index in [-0.39, 0.29) is 11.8 Å². The van der Waals surface area contributed by atoms with Gasteiger partial charge in [0.1, 0.15) is 0 Å². The summed E-state index contributed by atoms with van der Waals surface area (Å²) in [4.78, 5) is 21.5. The predicted molar refractivity (Wildman–Crippen MR) is 121 cm³/mol. The number of hydrogen-bond acceptors (Lipinski definition) is 5. The van der Waals surface area contributed by atoms with Crippen LogP contribution in [-0.2, 0) is 16.6 Å². The van der Waals surface area contributed by atoms with Gasteiger partial charge >= 0.3 is 0 Å². The van der Waals surface area contributed by atoms with Gasteiger partial charge < -0.3 is 9.88 Å². The van der Waals surface area contributed by atoms with Crippen molar-refractivity contribution in [3.05, 3.63) is 54.1 Å². The van der Waals surface area contributed by atoms with Crippen LogP contribution < -0.4 is 5.32 Å². The molecule has 3 heterocycles. The maximum atomic E-state index is 12.7. The molecule has 2 aromatic heterocycles. The quantitative estimate of drug-likeness (QED) is 0.633. The van der Waals surface area contributed by atoms with Crippen molar-refractivity contribution in [1.82, 2.24) is 18.8 Å². The normalized spacial score (nSPS) is 17.7. The Balaban J connectivity index is 1.44. The Morgan fingerprint density at radius 2 is 2.06 bits per heavy atom. The van der Waals surface area contributed by atoms with Gasteiger partial charge in [0.25, 0.3) is 5.91 Å². The summed E-state index contributed by atoms with van der Waals surface area (Å²) in [6.07, 6.45) is 7.33. The van der Waals surface area contributed by atoms with Crippen LogP contribution in [0.3, 0.4) is 0 Å². The molecule has 9 heteroatoms. The molecule has 1 aromatic carbocycles. The van der Waals surface area contributed by atoms with Crippen LogP contribution in [0.15, 0.2) is 42.9 Å². The number of rotatable bonds is 6. The number of amides is 1. The SMILES string of the molecule is CCCn1cnc2cc(NC(=O)c3ccc(C4CCCN(S(C)(=O)=O)C4)nc3)ccc21. The molecule has 3 aromatic rings. The number of nitrogens with zero attached hydrogens (tertiary/aromatic N) is 4. The van der Waals surface area contributed by atoms with E-state index in [0.717, 1.165) is 42.5 Å².